The molecule has 0 spiro atoms. The molecule has 2 heterocycles. The number of aromatic nitrogens is 1. The Kier molecular flexibility index (Phi) is 4.83. The first-order valence-electron chi connectivity index (χ1n) is 10.0. The van der Waals surface area contributed by atoms with Crippen molar-refractivity contribution in [2.75, 3.05) is 26.2 Å². The third-order valence-electron chi connectivity index (χ3n) is 5.73. The summed E-state index contributed by atoms with van der Waals surface area (Å²) in [5.41, 5.74) is 4.85. The number of carbonyl (C=O) groups excluding carboxylic acids is 2. The average Bonchev–Trinajstić information content (AvgIpc) is 3.51. The average molecular weight is 381 g/mol. The van der Waals surface area contributed by atoms with E-state index in [2.05, 4.69) is 19.1 Å². The Balaban J connectivity index is 1.65. The Morgan fingerprint density at radius 2 is 1.71 bits per heavy atom. The number of amides is 2. The molecular weight excluding hydrogens is 354 g/mol. The highest BCUT2D eigenvalue weighted by molar-refractivity contribution is 6.07. The first kappa shape index (κ1) is 18.9. The largest absolute Gasteiger partial charge is 0.384 e. The number of hydrogen-bond acceptors (Lipinski definition) is 4. The molecule has 4 rings (SSSR count). The summed E-state index contributed by atoms with van der Waals surface area (Å²) in [5, 5.41) is 10.4. The number of rotatable bonds is 3. The maximum Gasteiger partial charge on any atom is 0.254 e. The Morgan fingerprint density at radius 1 is 1.07 bits per heavy atom. The summed E-state index contributed by atoms with van der Waals surface area (Å²) in [5.74, 6) is 0.200. The molecule has 2 amide bonds. The number of carbonyl (C=O) groups is 2. The number of nitrogens with zero attached hydrogens (tertiary/aromatic N) is 3. The van der Waals surface area contributed by atoms with Crippen molar-refractivity contribution in [1.29, 1.82) is 0 Å². The lowest BCUT2D eigenvalue weighted by atomic mass is 9.98. The quantitative estimate of drug-likeness (QED) is 0.886. The summed E-state index contributed by atoms with van der Waals surface area (Å²) >= 11 is 0. The summed E-state index contributed by atoms with van der Waals surface area (Å²) in [7, 11) is 0. The van der Waals surface area contributed by atoms with Gasteiger partial charge in [-0.25, -0.2) is 0 Å². The molecule has 28 heavy (non-hydrogen) atoms. The molecule has 0 bridgehead atoms. The fourth-order valence-corrected chi connectivity index (χ4v) is 4.10. The highest BCUT2D eigenvalue weighted by atomic mass is 16.3. The summed E-state index contributed by atoms with van der Waals surface area (Å²) in [4.78, 5) is 33.7. The number of aryl methyl sites for hydroxylation is 2. The van der Waals surface area contributed by atoms with Crippen molar-refractivity contribution in [2.24, 2.45) is 0 Å². The van der Waals surface area contributed by atoms with Crippen LogP contribution in [-0.4, -0.2) is 64.0 Å². The van der Waals surface area contributed by atoms with E-state index >= 15 is 0 Å². The fraction of sp³-hybridized carbons (Fsp3) is 0.500. The SMILES string of the molecule is Cc1cc(C)c2c(C(=O)N3CCN(C(=O)[C@H](C)O)CC3)cc(C3CC3)nc2c1. The van der Waals surface area contributed by atoms with Gasteiger partial charge in [-0.3, -0.25) is 14.6 Å². The summed E-state index contributed by atoms with van der Waals surface area (Å²) in [6.07, 6.45) is 1.27. The van der Waals surface area contributed by atoms with Crippen LogP contribution in [0.1, 0.15) is 52.9 Å². The van der Waals surface area contributed by atoms with Crippen LogP contribution >= 0.6 is 0 Å². The minimum Gasteiger partial charge on any atom is -0.384 e. The molecule has 1 atom stereocenters. The third-order valence-corrected chi connectivity index (χ3v) is 5.73. The van der Waals surface area contributed by atoms with Gasteiger partial charge in [0.1, 0.15) is 6.10 Å². The number of aliphatic hydroxyl groups is 1. The number of pyridine rings is 1. The summed E-state index contributed by atoms with van der Waals surface area (Å²) in [6.45, 7) is 7.42. The van der Waals surface area contributed by atoms with Crippen LogP contribution in [0.3, 0.4) is 0 Å². The van der Waals surface area contributed by atoms with Crippen LogP contribution in [0.15, 0.2) is 18.2 Å². The molecule has 0 unspecified atom stereocenters. The normalized spacial score (nSPS) is 18.4. The van der Waals surface area contributed by atoms with E-state index in [0.29, 0.717) is 32.1 Å². The van der Waals surface area contributed by atoms with Crippen molar-refractivity contribution in [3.8, 4) is 0 Å². The monoisotopic (exact) mass is 381 g/mol. The molecule has 1 saturated heterocycles. The van der Waals surface area contributed by atoms with Crippen LogP contribution in [-0.2, 0) is 4.79 Å². The zero-order valence-electron chi connectivity index (χ0n) is 16.7. The molecule has 148 valence electrons. The molecule has 1 aliphatic carbocycles. The van der Waals surface area contributed by atoms with E-state index in [0.717, 1.165) is 46.1 Å². The first-order chi connectivity index (χ1) is 13.3. The standard InChI is InChI=1S/C22H27N3O3/c1-13-10-14(2)20-17(12-18(16-4-5-16)23-19(20)11-13)22(28)25-8-6-24(7-9-25)21(27)15(3)26/h10-12,15-16,26H,4-9H2,1-3H3/t15-/m0/s1. The highest BCUT2D eigenvalue weighted by Crippen LogP contribution is 2.40. The number of fused-ring (bicyclic) bond motifs is 1. The van der Waals surface area contributed by atoms with E-state index in [1.807, 2.05) is 17.9 Å². The molecule has 0 radical (unpaired) electrons. The van der Waals surface area contributed by atoms with Crippen molar-refractivity contribution in [2.45, 2.75) is 45.6 Å². The van der Waals surface area contributed by atoms with Crippen molar-refractivity contribution >= 4 is 22.7 Å². The van der Waals surface area contributed by atoms with Gasteiger partial charge in [0.15, 0.2) is 0 Å². The van der Waals surface area contributed by atoms with Gasteiger partial charge in [0.2, 0.25) is 0 Å². The van der Waals surface area contributed by atoms with E-state index in [9.17, 15) is 14.7 Å². The molecule has 2 aromatic rings. The topological polar surface area (TPSA) is 73.7 Å². The molecule has 1 aliphatic heterocycles. The lowest BCUT2D eigenvalue weighted by Gasteiger charge is -2.35. The van der Waals surface area contributed by atoms with Crippen LogP contribution in [0.4, 0.5) is 0 Å². The third kappa shape index (κ3) is 3.49. The molecule has 1 saturated carbocycles. The molecule has 2 fully saturated rings. The minimum absolute atomic E-state index is 0.00500. The van der Waals surface area contributed by atoms with Gasteiger partial charge >= 0.3 is 0 Å². The molecular formula is C22H27N3O3. The van der Waals surface area contributed by atoms with Crippen molar-refractivity contribution in [1.82, 2.24) is 14.8 Å². The molecule has 6 heteroatoms. The maximum absolute atomic E-state index is 13.4. The summed E-state index contributed by atoms with van der Waals surface area (Å²) in [6, 6.07) is 6.14. The van der Waals surface area contributed by atoms with E-state index in [-0.39, 0.29) is 11.8 Å². The zero-order valence-corrected chi connectivity index (χ0v) is 16.7. The fourth-order valence-electron chi connectivity index (χ4n) is 4.10. The van der Waals surface area contributed by atoms with Gasteiger partial charge < -0.3 is 14.9 Å². The van der Waals surface area contributed by atoms with Crippen molar-refractivity contribution in [3.63, 3.8) is 0 Å². The number of piperazine rings is 1. The van der Waals surface area contributed by atoms with Gasteiger partial charge in [-0.15, -0.1) is 0 Å². The molecule has 2 aliphatic rings. The van der Waals surface area contributed by atoms with Gasteiger partial charge in [0.05, 0.1) is 11.1 Å². The number of aliphatic hydroxyl groups excluding tert-OH is 1. The van der Waals surface area contributed by atoms with E-state index in [1.54, 1.807) is 4.90 Å². The van der Waals surface area contributed by atoms with Gasteiger partial charge in [-0.2, -0.15) is 0 Å². The second-order valence-corrected chi connectivity index (χ2v) is 8.14. The van der Waals surface area contributed by atoms with Crippen LogP contribution < -0.4 is 0 Å². The minimum atomic E-state index is -1.00. The predicted molar refractivity (Wildman–Crippen MR) is 107 cm³/mol. The second-order valence-electron chi connectivity index (χ2n) is 8.14. The molecule has 6 nitrogen and oxygen atoms in total. The predicted octanol–water partition coefficient (Wildman–Crippen LogP) is 2.39. The number of hydrogen-bond donors (Lipinski definition) is 1. The van der Waals surface area contributed by atoms with E-state index in [1.165, 1.54) is 6.92 Å². The molecule has 1 aromatic heterocycles. The molecule has 1 aromatic carbocycles. The number of benzene rings is 1. The van der Waals surface area contributed by atoms with Gasteiger partial charge in [-0.1, -0.05) is 6.07 Å². The summed E-state index contributed by atoms with van der Waals surface area (Å²) < 4.78 is 0. The van der Waals surface area contributed by atoms with Crippen LogP contribution in [0.2, 0.25) is 0 Å². The Morgan fingerprint density at radius 3 is 2.32 bits per heavy atom. The van der Waals surface area contributed by atoms with Crippen LogP contribution in [0.5, 0.6) is 0 Å². The van der Waals surface area contributed by atoms with Gasteiger partial charge in [-0.05, 0) is 56.9 Å². The lowest BCUT2D eigenvalue weighted by molar-refractivity contribution is -0.140. The van der Waals surface area contributed by atoms with Crippen LogP contribution in [0.25, 0.3) is 10.9 Å². The smallest absolute Gasteiger partial charge is 0.254 e. The zero-order chi connectivity index (χ0) is 20.0. The highest BCUT2D eigenvalue weighted by Gasteiger charge is 2.30. The van der Waals surface area contributed by atoms with Crippen LogP contribution in [0, 0.1) is 13.8 Å². The first-order valence-corrected chi connectivity index (χ1v) is 10.0. The van der Waals surface area contributed by atoms with E-state index < -0.39 is 6.10 Å². The molecule has 1 N–H and O–H groups in total. The Hall–Kier alpha value is -2.47. The van der Waals surface area contributed by atoms with Crippen molar-refractivity contribution < 1.29 is 14.7 Å². The maximum atomic E-state index is 13.4. The van der Waals surface area contributed by atoms with Gasteiger partial charge in [0, 0.05) is 43.2 Å². The Labute approximate surface area is 165 Å². The second kappa shape index (κ2) is 7.17. The van der Waals surface area contributed by atoms with E-state index in [4.69, 9.17) is 4.98 Å². The van der Waals surface area contributed by atoms with Crippen molar-refractivity contribution in [3.05, 3.63) is 40.6 Å². The lowest BCUT2D eigenvalue weighted by Crippen LogP contribution is -2.52. The Bertz CT molecular complexity index is 942. The van der Waals surface area contributed by atoms with Gasteiger partial charge in [0.25, 0.3) is 11.8 Å².